The largest absolute Gasteiger partial charge is 0.493 e. The Kier molecular flexibility index (Phi) is 6.81. The lowest BCUT2D eigenvalue weighted by atomic mass is 10.1. The van der Waals surface area contributed by atoms with Crippen LogP contribution in [0.2, 0.25) is 0 Å². The van der Waals surface area contributed by atoms with E-state index in [1.54, 1.807) is 12.1 Å². The van der Waals surface area contributed by atoms with Crippen LogP contribution in [0, 0.1) is 0 Å². The molecule has 0 aliphatic carbocycles. The zero-order valence-corrected chi connectivity index (χ0v) is 10.9. The number of unbranched alkanes of at least 4 members (excludes halogenated alkanes) is 1. The van der Waals surface area contributed by atoms with Gasteiger partial charge in [-0.05, 0) is 31.9 Å². The second kappa shape index (κ2) is 8.48. The molecule has 18 heavy (non-hydrogen) atoms. The predicted octanol–water partition coefficient (Wildman–Crippen LogP) is 3.25. The summed E-state index contributed by atoms with van der Waals surface area (Å²) in [7, 11) is 0. The number of ether oxygens (including phenoxy) is 2. The van der Waals surface area contributed by atoms with Crippen LogP contribution in [0.25, 0.3) is 0 Å². The summed E-state index contributed by atoms with van der Waals surface area (Å²) in [5, 5.41) is 0. The number of benzene rings is 1. The van der Waals surface area contributed by atoms with Gasteiger partial charge >= 0.3 is 0 Å². The van der Waals surface area contributed by atoms with Crippen molar-refractivity contribution in [1.29, 1.82) is 0 Å². The van der Waals surface area contributed by atoms with Crippen molar-refractivity contribution in [3.63, 3.8) is 0 Å². The van der Waals surface area contributed by atoms with Gasteiger partial charge in [0.05, 0.1) is 12.2 Å². The molecule has 0 radical (unpaired) electrons. The number of carbonyl (C=O) groups is 1. The number of ketones is 1. The average molecular weight is 248 g/mol. The first kappa shape index (κ1) is 14.5. The van der Waals surface area contributed by atoms with Crippen molar-refractivity contribution >= 4 is 5.78 Å². The third-order valence-corrected chi connectivity index (χ3v) is 2.42. The van der Waals surface area contributed by atoms with Crippen LogP contribution in [-0.2, 0) is 4.74 Å². The summed E-state index contributed by atoms with van der Waals surface area (Å²) in [6.07, 6.45) is 3.64. The van der Waals surface area contributed by atoms with E-state index in [4.69, 9.17) is 9.47 Å². The van der Waals surface area contributed by atoms with Gasteiger partial charge in [-0.1, -0.05) is 18.2 Å². The molecule has 0 aliphatic rings. The van der Waals surface area contributed by atoms with E-state index in [1.165, 1.54) is 0 Å². The highest BCUT2D eigenvalue weighted by Gasteiger charge is 2.11. The number of carbonyl (C=O) groups excluding carboxylic acids is 1. The maximum Gasteiger partial charge on any atom is 0.192 e. The van der Waals surface area contributed by atoms with Crippen LogP contribution in [0.3, 0.4) is 0 Å². The van der Waals surface area contributed by atoms with E-state index < -0.39 is 0 Å². The molecular formula is C15H20O3. The molecule has 0 aliphatic heterocycles. The minimum Gasteiger partial charge on any atom is -0.493 e. The van der Waals surface area contributed by atoms with Crippen molar-refractivity contribution in [2.45, 2.75) is 19.8 Å². The molecule has 3 heteroatoms. The van der Waals surface area contributed by atoms with Gasteiger partial charge in [0.15, 0.2) is 5.78 Å². The van der Waals surface area contributed by atoms with E-state index in [1.807, 2.05) is 25.1 Å². The van der Waals surface area contributed by atoms with E-state index >= 15 is 0 Å². The van der Waals surface area contributed by atoms with Gasteiger partial charge in [0.25, 0.3) is 0 Å². The van der Waals surface area contributed by atoms with Gasteiger partial charge in [-0.15, -0.1) is 6.58 Å². The summed E-state index contributed by atoms with van der Waals surface area (Å²) in [5.41, 5.74) is 0.586. The Morgan fingerprint density at radius 3 is 2.89 bits per heavy atom. The van der Waals surface area contributed by atoms with Crippen LogP contribution in [0.15, 0.2) is 36.9 Å². The van der Waals surface area contributed by atoms with Gasteiger partial charge in [0.1, 0.15) is 12.4 Å². The second-order valence-corrected chi connectivity index (χ2v) is 3.84. The fourth-order valence-corrected chi connectivity index (χ4v) is 1.55. The molecule has 0 spiro atoms. The van der Waals surface area contributed by atoms with Crippen LogP contribution >= 0.6 is 0 Å². The van der Waals surface area contributed by atoms with Gasteiger partial charge in [0.2, 0.25) is 0 Å². The number of Topliss-reactive ketones (excluding diaryl/α,β-unsaturated/α-hetero) is 1. The molecule has 0 fully saturated rings. The molecule has 0 N–H and O–H groups in total. The first-order valence-corrected chi connectivity index (χ1v) is 6.23. The van der Waals surface area contributed by atoms with Gasteiger partial charge in [-0.25, -0.2) is 0 Å². The molecule has 0 unspecified atom stereocenters. The second-order valence-electron chi connectivity index (χ2n) is 3.84. The maximum atomic E-state index is 11.9. The number of allylic oxidation sites excluding steroid dienone is 1. The highest BCUT2D eigenvalue weighted by molar-refractivity contribution is 5.99. The quantitative estimate of drug-likeness (QED) is 0.382. The molecule has 0 saturated carbocycles. The van der Waals surface area contributed by atoms with Gasteiger partial charge in [0, 0.05) is 6.61 Å². The number of rotatable bonds is 9. The lowest BCUT2D eigenvalue weighted by Gasteiger charge is -2.09. The Morgan fingerprint density at radius 1 is 1.39 bits per heavy atom. The summed E-state index contributed by atoms with van der Waals surface area (Å²) in [6.45, 7) is 6.75. The van der Waals surface area contributed by atoms with E-state index in [0.717, 1.165) is 12.8 Å². The Balaban J connectivity index is 2.47. The Hall–Kier alpha value is -1.61. The molecule has 0 atom stereocenters. The van der Waals surface area contributed by atoms with Crippen molar-refractivity contribution in [3.8, 4) is 5.75 Å². The SMILES string of the molecule is C=CCCCOCC(=O)c1ccccc1OCC. The van der Waals surface area contributed by atoms with Crippen molar-refractivity contribution in [2.75, 3.05) is 19.8 Å². The molecule has 0 saturated heterocycles. The molecule has 0 aromatic heterocycles. The highest BCUT2D eigenvalue weighted by atomic mass is 16.5. The van der Waals surface area contributed by atoms with Gasteiger partial charge in [-0.2, -0.15) is 0 Å². The van der Waals surface area contributed by atoms with Crippen LogP contribution in [0.1, 0.15) is 30.1 Å². The average Bonchev–Trinajstić information content (AvgIpc) is 2.39. The zero-order valence-electron chi connectivity index (χ0n) is 10.9. The third kappa shape index (κ3) is 4.72. The topological polar surface area (TPSA) is 35.5 Å². The Bertz CT molecular complexity index is 385. The molecule has 0 amide bonds. The Labute approximate surface area is 108 Å². The summed E-state index contributed by atoms with van der Waals surface area (Å²) >= 11 is 0. The van der Waals surface area contributed by atoms with Crippen molar-refractivity contribution < 1.29 is 14.3 Å². The van der Waals surface area contributed by atoms with E-state index in [-0.39, 0.29) is 12.4 Å². The van der Waals surface area contributed by atoms with Crippen molar-refractivity contribution in [1.82, 2.24) is 0 Å². The van der Waals surface area contributed by atoms with Crippen molar-refractivity contribution in [2.24, 2.45) is 0 Å². The van der Waals surface area contributed by atoms with Crippen LogP contribution in [-0.4, -0.2) is 25.6 Å². The molecule has 1 aromatic rings. The fraction of sp³-hybridized carbons (Fsp3) is 0.400. The Morgan fingerprint density at radius 2 is 2.17 bits per heavy atom. The standard InChI is InChI=1S/C15H20O3/c1-3-5-8-11-17-12-14(16)13-9-6-7-10-15(13)18-4-2/h3,6-7,9-10H,1,4-5,8,11-12H2,2H3. The highest BCUT2D eigenvalue weighted by Crippen LogP contribution is 2.18. The van der Waals surface area contributed by atoms with Crippen LogP contribution in [0.4, 0.5) is 0 Å². The zero-order chi connectivity index (χ0) is 13.2. The predicted molar refractivity (Wildman–Crippen MR) is 72.2 cm³/mol. The van der Waals surface area contributed by atoms with E-state index in [2.05, 4.69) is 6.58 Å². The molecule has 98 valence electrons. The molecule has 1 rings (SSSR count). The monoisotopic (exact) mass is 248 g/mol. The fourth-order valence-electron chi connectivity index (χ4n) is 1.55. The van der Waals surface area contributed by atoms with Gasteiger partial charge in [-0.3, -0.25) is 4.79 Å². The summed E-state index contributed by atoms with van der Waals surface area (Å²) in [6, 6.07) is 7.25. The molecule has 0 heterocycles. The third-order valence-electron chi connectivity index (χ3n) is 2.42. The number of para-hydroxylation sites is 1. The van der Waals surface area contributed by atoms with E-state index in [9.17, 15) is 4.79 Å². The van der Waals surface area contributed by atoms with Crippen LogP contribution in [0.5, 0.6) is 5.75 Å². The van der Waals surface area contributed by atoms with Crippen molar-refractivity contribution in [3.05, 3.63) is 42.5 Å². The van der Waals surface area contributed by atoms with E-state index in [0.29, 0.717) is 24.5 Å². The smallest absolute Gasteiger partial charge is 0.192 e. The molecule has 0 bridgehead atoms. The first-order chi connectivity index (χ1) is 8.79. The molecule has 3 nitrogen and oxygen atoms in total. The summed E-state index contributed by atoms with van der Waals surface area (Å²) < 4.78 is 10.7. The minimum atomic E-state index is -0.0438. The van der Waals surface area contributed by atoms with Gasteiger partial charge < -0.3 is 9.47 Å². The normalized spacial score (nSPS) is 10.1. The summed E-state index contributed by atoms with van der Waals surface area (Å²) in [4.78, 5) is 11.9. The molecule has 1 aromatic carbocycles. The minimum absolute atomic E-state index is 0.0438. The first-order valence-electron chi connectivity index (χ1n) is 6.23. The summed E-state index contributed by atoms with van der Waals surface area (Å²) in [5.74, 6) is 0.581. The number of hydrogen-bond acceptors (Lipinski definition) is 3. The lowest BCUT2D eigenvalue weighted by Crippen LogP contribution is -2.11. The molecular weight excluding hydrogens is 228 g/mol. The number of hydrogen-bond donors (Lipinski definition) is 0. The maximum absolute atomic E-state index is 11.9. The van der Waals surface area contributed by atoms with Crippen LogP contribution < -0.4 is 4.74 Å². The lowest BCUT2D eigenvalue weighted by molar-refractivity contribution is 0.0753.